The van der Waals surface area contributed by atoms with E-state index in [2.05, 4.69) is 11.3 Å². The van der Waals surface area contributed by atoms with Gasteiger partial charge in [0.2, 0.25) is 0 Å². The van der Waals surface area contributed by atoms with Crippen molar-refractivity contribution in [3.05, 3.63) is 12.4 Å². The topological polar surface area (TPSA) is 58.6 Å². The number of amides is 2. The lowest BCUT2D eigenvalue weighted by Gasteiger charge is -2.33. The normalized spacial score (nSPS) is 29.2. The van der Waals surface area contributed by atoms with Gasteiger partial charge in [0.1, 0.15) is 6.61 Å². The van der Waals surface area contributed by atoms with Crippen molar-refractivity contribution in [2.45, 2.75) is 37.3 Å². The number of ether oxygens (including phenoxy) is 1. The first kappa shape index (κ1) is 12.8. The number of hydrogen-bond donors (Lipinski definition) is 1. The van der Waals surface area contributed by atoms with Gasteiger partial charge in [-0.3, -0.25) is 4.79 Å². The van der Waals surface area contributed by atoms with Crippen molar-refractivity contribution in [1.82, 2.24) is 10.4 Å². The quantitative estimate of drug-likeness (QED) is 0.619. The molecule has 5 nitrogen and oxygen atoms in total. The molecular weight excluding hydrogens is 246 g/mol. The number of nitrogens with zero attached hydrogens (tertiary/aromatic N) is 1. The average molecular weight is 260 g/mol. The van der Waals surface area contributed by atoms with Crippen LogP contribution < -0.4 is 5.54 Å². The van der Waals surface area contributed by atoms with Crippen molar-refractivity contribution in [2.24, 2.45) is 0 Å². The van der Waals surface area contributed by atoms with E-state index in [9.17, 15) is 18.5 Å². The number of nitrogens with one attached hydrogen (secondary N) is 1. The van der Waals surface area contributed by atoms with Gasteiger partial charge >= 0.3 is 6.09 Å². The third-order valence-corrected chi connectivity index (χ3v) is 3.76. The fourth-order valence-corrected chi connectivity index (χ4v) is 2.98. The number of hydrogen-bond acceptors (Lipinski definition) is 3. The highest BCUT2D eigenvalue weighted by Crippen LogP contribution is 2.47. The first-order valence-corrected chi connectivity index (χ1v) is 5.72. The summed E-state index contributed by atoms with van der Waals surface area (Å²) in [4.78, 5) is 23.9. The van der Waals surface area contributed by atoms with Crippen LogP contribution in [-0.2, 0) is 9.53 Å². The van der Waals surface area contributed by atoms with Crippen molar-refractivity contribution in [2.75, 3.05) is 6.61 Å². The molecule has 7 heteroatoms. The molecule has 18 heavy (non-hydrogen) atoms. The van der Waals surface area contributed by atoms with Crippen molar-refractivity contribution in [3.63, 3.8) is 0 Å². The summed E-state index contributed by atoms with van der Waals surface area (Å²) in [7, 11) is 0. The lowest BCUT2D eigenvalue weighted by molar-refractivity contribution is -0.134. The van der Waals surface area contributed by atoms with Crippen molar-refractivity contribution in [1.29, 1.82) is 0 Å². The minimum absolute atomic E-state index is 0.0398. The molecule has 0 atom stereocenters. The zero-order valence-electron chi connectivity index (χ0n) is 9.75. The Morgan fingerprint density at radius 1 is 1.44 bits per heavy atom. The zero-order chi connectivity index (χ0) is 13.3. The van der Waals surface area contributed by atoms with Crippen LogP contribution in [0.2, 0.25) is 0 Å². The molecule has 2 bridgehead atoms. The molecule has 2 aliphatic rings. The van der Waals surface area contributed by atoms with Crippen LogP contribution in [0.25, 0.3) is 0 Å². The maximum absolute atomic E-state index is 13.0. The minimum atomic E-state index is -1.20. The second-order valence-electron chi connectivity index (χ2n) is 4.71. The van der Waals surface area contributed by atoms with Gasteiger partial charge in [-0.05, 0) is 25.7 Å². The Hall–Kier alpha value is -1.66. The lowest BCUT2D eigenvalue weighted by atomic mass is 9.88. The number of carbonyl (C=O) groups excluding carboxylic acids is 2. The Morgan fingerprint density at radius 2 is 2.06 bits per heavy atom. The molecule has 0 saturated carbocycles. The van der Waals surface area contributed by atoms with Crippen LogP contribution in [0.15, 0.2) is 12.4 Å². The zero-order valence-corrected chi connectivity index (χ0v) is 9.75. The Labute approximate surface area is 103 Å². The predicted molar refractivity (Wildman–Crippen MR) is 57.7 cm³/mol. The molecule has 0 radical (unpaired) electrons. The second-order valence-corrected chi connectivity index (χ2v) is 4.71. The molecule has 1 N–H and O–H groups in total. The Bertz CT molecular complexity index is 392. The molecule has 0 unspecified atom stereocenters. The molecule has 100 valence electrons. The third-order valence-electron chi connectivity index (χ3n) is 3.76. The molecule has 0 aromatic rings. The maximum atomic E-state index is 13.0. The van der Waals surface area contributed by atoms with Gasteiger partial charge in [-0.2, -0.15) is 5.54 Å². The number of fused-ring (bicyclic) bond motifs is 2. The number of rotatable bonds is 3. The highest BCUT2D eigenvalue weighted by Gasteiger charge is 2.55. The maximum Gasteiger partial charge on any atom is 0.435 e. The fourth-order valence-electron chi connectivity index (χ4n) is 2.98. The summed E-state index contributed by atoms with van der Waals surface area (Å²) in [6, 6.07) is -0.0398. The van der Waals surface area contributed by atoms with Gasteiger partial charge in [0.15, 0.2) is 5.83 Å². The summed E-state index contributed by atoms with van der Waals surface area (Å²) in [5.41, 5.74) is 0.149. The average Bonchev–Trinajstić information content (AvgIpc) is 2.90. The van der Waals surface area contributed by atoms with E-state index in [1.165, 1.54) is 4.90 Å². The number of carbonyl (C=O) groups is 2. The van der Waals surface area contributed by atoms with E-state index in [4.69, 9.17) is 0 Å². The van der Waals surface area contributed by atoms with Crippen LogP contribution in [0.1, 0.15) is 25.7 Å². The van der Waals surface area contributed by atoms with Crippen LogP contribution in [0.3, 0.4) is 0 Å². The van der Waals surface area contributed by atoms with E-state index >= 15 is 0 Å². The molecule has 0 aromatic heterocycles. The van der Waals surface area contributed by atoms with E-state index in [-0.39, 0.29) is 12.6 Å². The van der Waals surface area contributed by atoms with E-state index in [0.717, 1.165) is 18.4 Å². The van der Waals surface area contributed by atoms with Crippen LogP contribution >= 0.6 is 0 Å². The van der Waals surface area contributed by atoms with Crippen molar-refractivity contribution in [3.8, 4) is 0 Å². The summed E-state index contributed by atoms with van der Waals surface area (Å²) in [6.07, 6.45) is 1.51. The fraction of sp³-hybridized carbons (Fsp3) is 0.636. The molecule has 2 saturated heterocycles. The van der Waals surface area contributed by atoms with Crippen LogP contribution in [-0.4, -0.2) is 35.1 Å². The predicted octanol–water partition coefficient (Wildman–Crippen LogP) is 1.60. The van der Waals surface area contributed by atoms with Crippen LogP contribution in [0, 0.1) is 0 Å². The third kappa shape index (κ3) is 1.93. The van der Waals surface area contributed by atoms with Crippen molar-refractivity contribution >= 4 is 12.0 Å². The number of halogens is 2. The Balaban J connectivity index is 2.12. The molecule has 0 spiro atoms. The first-order valence-electron chi connectivity index (χ1n) is 5.72. The van der Waals surface area contributed by atoms with Gasteiger partial charge in [0.05, 0.1) is 5.54 Å². The van der Waals surface area contributed by atoms with Gasteiger partial charge in [-0.15, -0.1) is 0 Å². The molecule has 2 fully saturated rings. The smallest absolute Gasteiger partial charge is 0.435 e. The molecule has 2 heterocycles. The highest BCUT2D eigenvalue weighted by molar-refractivity contribution is 5.92. The van der Waals surface area contributed by atoms with Gasteiger partial charge in [-0.25, -0.2) is 9.18 Å². The summed E-state index contributed by atoms with van der Waals surface area (Å²) in [6.45, 7) is 2.87. The van der Waals surface area contributed by atoms with Crippen molar-refractivity contribution < 1.29 is 23.2 Å². The molecule has 2 aliphatic heterocycles. The monoisotopic (exact) mass is 260 g/mol. The van der Waals surface area contributed by atoms with Gasteiger partial charge in [0, 0.05) is 6.04 Å². The Morgan fingerprint density at radius 3 is 2.56 bits per heavy atom. The molecule has 2 amide bonds. The first-order chi connectivity index (χ1) is 8.50. The van der Waals surface area contributed by atoms with E-state index in [1.807, 2.05) is 0 Å². The molecular formula is C11H14F2N2O3. The van der Waals surface area contributed by atoms with Crippen LogP contribution in [0.5, 0.6) is 0 Å². The van der Waals surface area contributed by atoms with E-state index in [1.54, 1.807) is 0 Å². The molecule has 0 aliphatic carbocycles. The van der Waals surface area contributed by atoms with E-state index < -0.39 is 23.4 Å². The van der Waals surface area contributed by atoms with Crippen LogP contribution in [0.4, 0.5) is 13.7 Å². The SMILES string of the molecule is C=C(F)C(=O)N1C2CCC1(COC(=O)NF)CC2. The van der Waals surface area contributed by atoms with Gasteiger partial charge in [-0.1, -0.05) is 11.1 Å². The minimum Gasteiger partial charge on any atom is -0.445 e. The second kappa shape index (κ2) is 4.55. The highest BCUT2D eigenvalue weighted by atomic mass is 19.2. The largest absolute Gasteiger partial charge is 0.445 e. The summed E-state index contributed by atoms with van der Waals surface area (Å²) >= 11 is 0. The van der Waals surface area contributed by atoms with Gasteiger partial charge < -0.3 is 9.64 Å². The lowest BCUT2D eigenvalue weighted by Crippen LogP contribution is -2.49. The molecule has 2 rings (SSSR count). The van der Waals surface area contributed by atoms with E-state index in [0.29, 0.717) is 12.8 Å². The summed E-state index contributed by atoms with van der Waals surface area (Å²) in [5.74, 6) is -1.79. The molecule has 0 aromatic carbocycles. The Kier molecular flexibility index (Phi) is 3.23. The summed E-state index contributed by atoms with van der Waals surface area (Å²) < 4.78 is 29.5. The van der Waals surface area contributed by atoms with Gasteiger partial charge in [0.25, 0.3) is 5.91 Å². The standard InChI is InChI=1S/C11H14F2N2O3/c1-7(12)9(16)15-8-2-4-11(15,5-3-8)6-18-10(17)14-13/h8H,1-6H2,(H,14,17). The summed E-state index contributed by atoms with van der Waals surface area (Å²) in [5, 5.41) is 0.